The Balaban J connectivity index is 1.94. The maximum atomic E-state index is 13.3. The molecular formula is C27H42N4O2. The van der Waals surface area contributed by atoms with Gasteiger partial charge in [-0.15, -0.1) is 0 Å². The van der Waals surface area contributed by atoms with Gasteiger partial charge in [-0.3, -0.25) is 9.48 Å². The van der Waals surface area contributed by atoms with Crippen molar-refractivity contribution in [1.29, 1.82) is 0 Å². The van der Waals surface area contributed by atoms with Crippen LogP contribution in [0.25, 0.3) is 11.3 Å². The molecule has 2 aromatic rings. The first-order chi connectivity index (χ1) is 15.7. The summed E-state index contributed by atoms with van der Waals surface area (Å²) in [5.41, 5.74) is 4.47. The van der Waals surface area contributed by atoms with E-state index in [1.807, 2.05) is 10.7 Å². The fraction of sp³-hybridized carbons (Fsp3) is 0.630. The maximum absolute atomic E-state index is 13.3. The number of hydrogen-bond donors (Lipinski definition) is 2. The van der Waals surface area contributed by atoms with Crippen molar-refractivity contribution < 1.29 is 9.53 Å². The normalized spacial score (nSPS) is 18.6. The van der Waals surface area contributed by atoms with Crippen molar-refractivity contribution in [1.82, 2.24) is 15.1 Å². The summed E-state index contributed by atoms with van der Waals surface area (Å²) >= 11 is 0. The zero-order valence-electron chi connectivity index (χ0n) is 21.5. The third kappa shape index (κ3) is 5.90. The summed E-state index contributed by atoms with van der Waals surface area (Å²) in [5, 5.41) is 11.4. The van der Waals surface area contributed by atoms with Gasteiger partial charge in [-0.05, 0) is 63.5 Å². The Morgan fingerprint density at radius 1 is 1.18 bits per heavy atom. The Kier molecular flexibility index (Phi) is 8.44. The highest BCUT2D eigenvalue weighted by Crippen LogP contribution is 2.39. The molecule has 0 saturated heterocycles. The topological polar surface area (TPSA) is 68.2 Å². The number of rotatable bonds is 9. The fourth-order valence-corrected chi connectivity index (χ4v) is 4.87. The van der Waals surface area contributed by atoms with Crippen LogP contribution in [-0.2, 0) is 6.54 Å². The zero-order chi connectivity index (χ0) is 24.1. The molecule has 1 fully saturated rings. The molecule has 1 aromatic carbocycles. The Labute approximate surface area is 199 Å². The van der Waals surface area contributed by atoms with Gasteiger partial charge in [0, 0.05) is 42.0 Å². The molecule has 0 radical (unpaired) electrons. The number of aromatic nitrogens is 2. The number of ether oxygens (including phenoxy) is 1. The summed E-state index contributed by atoms with van der Waals surface area (Å²) in [4.78, 5) is 13.3. The third-order valence-corrected chi connectivity index (χ3v) is 6.68. The number of amides is 1. The van der Waals surface area contributed by atoms with Gasteiger partial charge >= 0.3 is 0 Å². The second-order valence-electron chi connectivity index (χ2n) is 10.1. The number of benzene rings is 1. The van der Waals surface area contributed by atoms with Gasteiger partial charge < -0.3 is 15.4 Å². The van der Waals surface area contributed by atoms with Crippen LogP contribution in [0.15, 0.2) is 18.2 Å². The van der Waals surface area contributed by atoms with Crippen molar-refractivity contribution in [2.75, 3.05) is 19.0 Å². The molecule has 0 spiro atoms. The molecule has 2 N–H and O–H groups in total. The summed E-state index contributed by atoms with van der Waals surface area (Å²) in [6, 6.07) is 6.49. The van der Waals surface area contributed by atoms with E-state index < -0.39 is 0 Å². The quantitative estimate of drug-likeness (QED) is 0.482. The van der Waals surface area contributed by atoms with Gasteiger partial charge in [-0.1, -0.05) is 33.6 Å². The number of nitrogens with one attached hydrogen (secondary N) is 2. The van der Waals surface area contributed by atoms with E-state index in [1.54, 1.807) is 7.11 Å². The van der Waals surface area contributed by atoms with Crippen molar-refractivity contribution in [2.45, 2.75) is 85.7 Å². The van der Waals surface area contributed by atoms with Crippen LogP contribution in [0.4, 0.5) is 5.69 Å². The van der Waals surface area contributed by atoms with E-state index in [0.29, 0.717) is 24.2 Å². The molecule has 0 bridgehead atoms. The molecular weight excluding hydrogens is 412 g/mol. The van der Waals surface area contributed by atoms with E-state index in [4.69, 9.17) is 9.84 Å². The zero-order valence-corrected chi connectivity index (χ0v) is 21.5. The lowest BCUT2D eigenvalue weighted by Crippen LogP contribution is -2.32. The molecule has 1 amide bonds. The molecule has 182 valence electrons. The number of nitrogens with zero attached hydrogens (tertiary/aromatic N) is 2. The Hall–Kier alpha value is -2.50. The highest BCUT2D eigenvalue weighted by Gasteiger charge is 2.28. The smallest absolute Gasteiger partial charge is 0.272 e. The van der Waals surface area contributed by atoms with Gasteiger partial charge in [-0.25, -0.2) is 0 Å². The number of carbonyl (C=O) groups is 1. The molecule has 1 aromatic heterocycles. The van der Waals surface area contributed by atoms with Gasteiger partial charge in [0.2, 0.25) is 0 Å². The minimum atomic E-state index is -0.0668. The lowest BCUT2D eigenvalue weighted by molar-refractivity contribution is 0.0934. The number of methoxy groups -OCH3 is 1. The van der Waals surface area contributed by atoms with E-state index in [1.165, 1.54) is 25.7 Å². The predicted octanol–water partition coefficient (Wildman–Crippen LogP) is 6.08. The van der Waals surface area contributed by atoms with Crippen LogP contribution in [0.1, 0.15) is 89.2 Å². The van der Waals surface area contributed by atoms with Crippen LogP contribution >= 0.6 is 0 Å². The summed E-state index contributed by atoms with van der Waals surface area (Å²) < 4.78 is 7.72. The van der Waals surface area contributed by atoms with Crippen LogP contribution in [0, 0.1) is 11.8 Å². The first kappa shape index (κ1) is 25.1. The summed E-state index contributed by atoms with van der Waals surface area (Å²) in [7, 11) is 1.69. The largest absolute Gasteiger partial charge is 0.496 e. The first-order valence-electron chi connectivity index (χ1n) is 12.6. The molecule has 1 aliphatic carbocycles. The van der Waals surface area contributed by atoms with Gasteiger partial charge in [0.1, 0.15) is 5.75 Å². The van der Waals surface area contributed by atoms with Crippen LogP contribution in [0.3, 0.4) is 0 Å². The number of anilines is 1. The molecule has 0 aliphatic heterocycles. The van der Waals surface area contributed by atoms with Crippen LogP contribution in [0.2, 0.25) is 0 Å². The molecule has 6 nitrogen and oxygen atoms in total. The molecule has 33 heavy (non-hydrogen) atoms. The standard InChI is InChI=1S/C27H42N4O2/c1-8-31-26(22-14-13-21(29-18(4)5)15-23(22)33-7)24(17(2)3)25(30-31)27(32)28-16-20-11-9-19(6)10-12-20/h13-15,17-20,29H,8-12,16H2,1-7H3,(H,28,32). The van der Waals surface area contributed by atoms with E-state index >= 15 is 0 Å². The third-order valence-electron chi connectivity index (χ3n) is 6.68. The van der Waals surface area contributed by atoms with E-state index in [2.05, 4.69) is 64.3 Å². The first-order valence-corrected chi connectivity index (χ1v) is 12.6. The second kappa shape index (κ2) is 11.1. The Morgan fingerprint density at radius 3 is 2.45 bits per heavy atom. The predicted molar refractivity (Wildman–Crippen MR) is 136 cm³/mol. The fourth-order valence-electron chi connectivity index (χ4n) is 4.87. The van der Waals surface area contributed by atoms with Crippen LogP contribution < -0.4 is 15.4 Å². The minimum Gasteiger partial charge on any atom is -0.496 e. The van der Waals surface area contributed by atoms with Gasteiger partial charge in [0.25, 0.3) is 5.91 Å². The molecule has 0 atom stereocenters. The van der Waals surface area contributed by atoms with E-state index in [0.717, 1.165) is 40.7 Å². The average molecular weight is 455 g/mol. The van der Waals surface area contributed by atoms with Crippen molar-refractivity contribution in [3.8, 4) is 17.0 Å². The van der Waals surface area contributed by atoms with Crippen LogP contribution in [-0.4, -0.2) is 35.4 Å². The Bertz CT molecular complexity index is 940. The van der Waals surface area contributed by atoms with Gasteiger partial charge in [-0.2, -0.15) is 5.10 Å². The van der Waals surface area contributed by atoms with Gasteiger partial charge in [0.15, 0.2) is 5.69 Å². The van der Waals surface area contributed by atoms with Gasteiger partial charge in [0.05, 0.1) is 12.8 Å². The highest BCUT2D eigenvalue weighted by molar-refractivity contribution is 5.96. The molecule has 1 heterocycles. The lowest BCUT2D eigenvalue weighted by Gasteiger charge is -2.26. The number of carbonyl (C=O) groups excluding carboxylic acids is 1. The summed E-state index contributed by atoms with van der Waals surface area (Å²) in [6.45, 7) is 14.3. The number of aryl methyl sites for hydroxylation is 1. The second-order valence-corrected chi connectivity index (χ2v) is 10.1. The van der Waals surface area contributed by atoms with E-state index in [-0.39, 0.29) is 11.8 Å². The highest BCUT2D eigenvalue weighted by atomic mass is 16.5. The van der Waals surface area contributed by atoms with Crippen molar-refractivity contribution >= 4 is 11.6 Å². The molecule has 0 unspecified atom stereocenters. The maximum Gasteiger partial charge on any atom is 0.272 e. The monoisotopic (exact) mass is 454 g/mol. The van der Waals surface area contributed by atoms with E-state index in [9.17, 15) is 4.79 Å². The SMILES string of the molecule is CCn1nc(C(=O)NCC2CCC(C)CC2)c(C(C)C)c1-c1ccc(NC(C)C)cc1OC. The molecule has 1 aliphatic rings. The number of hydrogen-bond acceptors (Lipinski definition) is 4. The molecule has 3 rings (SSSR count). The van der Waals surface area contributed by atoms with Crippen molar-refractivity contribution in [3.05, 3.63) is 29.5 Å². The average Bonchev–Trinajstić information content (AvgIpc) is 3.18. The summed E-state index contributed by atoms with van der Waals surface area (Å²) in [6.07, 6.45) is 4.91. The molecule has 6 heteroatoms. The molecule has 1 saturated carbocycles. The Morgan fingerprint density at radius 2 is 1.88 bits per heavy atom. The summed E-state index contributed by atoms with van der Waals surface area (Å²) in [5.74, 6) is 2.24. The lowest BCUT2D eigenvalue weighted by atomic mass is 9.83. The minimum absolute atomic E-state index is 0.0668. The van der Waals surface area contributed by atoms with Crippen molar-refractivity contribution in [3.63, 3.8) is 0 Å². The van der Waals surface area contributed by atoms with Crippen LogP contribution in [0.5, 0.6) is 5.75 Å². The van der Waals surface area contributed by atoms with Crippen molar-refractivity contribution in [2.24, 2.45) is 11.8 Å².